The Labute approximate surface area is 136 Å². The summed E-state index contributed by atoms with van der Waals surface area (Å²) in [5, 5.41) is 0. The lowest BCUT2D eigenvalue weighted by Gasteiger charge is -2.06. The van der Waals surface area contributed by atoms with Crippen molar-refractivity contribution < 1.29 is 14.3 Å². The molecule has 5 nitrogen and oxygen atoms in total. The number of anilines is 1. The topological polar surface area (TPSA) is 73.9 Å². The number of isocyanates is 1. The zero-order valence-electron chi connectivity index (χ0n) is 13.9. The molecule has 0 bridgehead atoms. The number of hydrogen-bond donors (Lipinski definition) is 1. The standard InChI is InChI=1S/C10H11NO2.C8H11NO/c1-8-4-3-5-10(11-7-12)9(8)6-13-2;1-6-4-3-5-7(9)8(6)10-2/h3-5H,6H2,1-2H3;3-5H,9H2,1-2H3. The van der Waals surface area contributed by atoms with Crippen LogP contribution in [-0.4, -0.2) is 20.3 Å². The van der Waals surface area contributed by atoms with Crippen molar-refractivity contribution in [2.24, 2.45) is 4.99 Å². The zero-order valence-corrected chi connectivity index (χ0v) is 13.9. The quantitative estimate of drug-likeness (QED) is 0.530. The third-order valence-electron chi connectivity index (χ3n) is 3.29. The van der Waals surface area contributed by atoms with Gasteiger partial charge in [0.1, 0.15) is 5.75 Å². The summed E-state index contributed by atoms with van der Waals surface area (Å²) in [6.45, 7) is 4.39. The largest absolute Gasteiger partial charge is 0.494 e. The molecule has 0 saturated carbocycles. The summed E-state index contributed by atoms with van der Waals surface area (Å²) in [5.74, 6) is 0.780. The van der Waals surface area contributed by atoms with Crippen LogP contribution >= 0.6 is 0 Å². The van der Waals surface area contributed by atoms with Crippen LogP contribution in [0.1, 0.15) is 16.7 Å². The fourth-order valence-corrected chi connectivity index (χ4v) is 2.13. The monoisotopic (exact) mass is 314 g/mol. The number of nitrogens with zero attached hydrogens (tertiary/aromatic N) is 1. The molecule has 0 radical (unpaired) electrons. The number of rotatable bonds is 4. The van der Waals surface area contributed by atoms with Gasteiger partial charge >= 0.3 is 0 Å². The predicted octanol–water partition coefficient (Wildman–Crippen LogP) is 3.69. The Morgan fingerprint density at radius 2 is 1.74 bits per heavy atom. The average Bonchev–Trinajstić information content (AvgIpc) is 2.52. The molecule has 2 aromatic rings. The van der Waals surface area contributed by atoms with E-state index in [-0.39, 0.29) is 0 Å². The summed E-state index contributed by atoms with van der Waals surface area (Å²) in [4.78, 5) is 13.7. The second-order valence-corrected chi connectivity index (χ2v) is 4.91. The molecular weight excluding hydrogens is 292 g/mol. The highest BCUT2D eigenvalue weighted by Gasteiger charge is 2.03. The highest BCUT2D eigenvalue weighted by molar-refractivity contribution is 5.56. The molecule has 23 heavy (non-hydrogen) atoms. The smallest absolute Gasteiger partial charge is 0.240 e. The van der Waals surface area contributed by atoms with Gasteiger partial charge in [0.2, 0.25) is 6.08 Å². The molecular formula is C18H22N2O3. The lowest BCUT2D eigenvalue weighted by Crippen LogP contribution is -1.93. The van der Waals surface area contributed by atoms with Crippen LogP contribution in [0, 0.1) is 13.8 Å². The van der Waals surface area contributed by atoms with Crippen LogP contribution in [0.3, 0.4) is 0 Å². The molecule has 0 atom stereocenters. The summed E-state index contributed by atoms with van der Waals surface area (Å²) in [6.07, 6.45) is 1.53. The maximum Gasteiger partial charge on any atom is 0.240 e. The SMILES string of the molecule is COCc1c(C)cccc1N=C=O.COc1c(C)cccc1N. The van der Waals surface area contributed by atoms with Crippen LogP contribution in [0.2, 0.25) is 0 Å². The third-order valence-corrected chi connectivity index (χ3v) is 3.29. The molecule has 5 heteroatoms. The number of carbonyl (C=O) groups excluding carboxylic acids is 1. The van der Waals surface area contributed by atoms with E-state index in [1.165, 1.54) is 6.08 Å². The number of methoxy groups -OCH3 is 2. The lowest BCUT2D eigenvalue weighted by atomic mass is 10.1. The summed E-state index contributed by atoms with van der Waals surface area (Å²) < 4.78 is 10.1. The number of nitrogens with two attached hydrogens (primary N) is 1. The van der Waals surface area contributed by atoms with Crippen LogP contribution < -0.4 is 10.5 Å². The summed E-state index contributed by atoms with van der Waals surface area (Å²) in [7, 11) is 3.24. The molecule has 0 spiro atoms. The predicted molar refractivity (Wildman–Crippen MR) is 91.8 cm³/mol. The number of aryl methyl sites for hydroxylation is 2. The molecule has 0 heterocycles. The zero-order chi connectivity index (χ0) is 17.2. The summed E-state index contributed by atoms with van der Waals surface area (Å²) >= 11 is 0. The Balaban J connectivity index is 0.000000238. The Hall–Kier alpha value is -2.62. The van der Waals surface area contributed by atoms with Gasteiger partial charge in [-0.25, -0.2) is 4.79 Å². The van der Waals surface area contributed by atoms with E-state index in [0.29, 0.717) is 18.0 Å². The second-order valence-electron chi connectivity index (χ2n) is 4.91. The molecule has 0 unspecified atom stereocenters. The first-order valence-corrected chi connectivity index (χ1v) is 7.09. The Kier molecular flexibility index (Phi) is 7.54. The minimum Gasteiger partial charge on any atom is -0.494 e. The highest BCUT2D eigenvalue weighted by Crippen LogP contribution is 2.24. The number of hydrogen-bond acceptors (Lipinski definition) is 5. The molecule has 0 fully saturated rings. The van der Waals surface area contributed by atoms with Gasteiger partial charge in [-0.2, -0.15) is 4.99 Å². The van der Waals surface area contributed by atoms with Gasteiger partial charge in [-0.05, 0) is 37.1 Å². The molecule has 2 N–H and O–H groups in total. The Bertz CT molecular complexity index is 672. The van der Waals surface area contributed by atoms with Crippen molar-refractivity contribution in [1.29, 1.82) is 0 Å². The minimum atomic E-state index is 0.465. The third kappa shape index (κ3) is 5.25. The van der Waals surface area contributed by atoms with E-state index in [1.807, 2.05) is 44.2 Å². The van der Waals surface area contributed by atoms with E-state index in [9.17, 15) is 4.79 Å². The molecule has 0 aromatic heterocycles. The highest BCUT2D eigenvalue weighted by atomic mass is 16.5. The maximum atomic E-state index is 10.1. The average molecular weight is 314 g/mol. The number of benzene rings is 2. The first-order valence-electron chi connectivity index (χ1n) is 7.09. The molecule has 2 aromatic carbocycles. The molecule has 2 rings (SSSR count). The van der Waals surface area contributed by atoms with E-state index in [4.69, 9.17) is 15.2 Å². The summed E-state index contributed by atoms with van der Waals surface area (Å²) in [5.41, 5.74) is 10.0. The Morgan fingerprint density at radius 3 is 2.26 bits per heavy atom. The van der Waals surface area contributed by atoms with Crippen LogP contribution in [0.4, 0.5) is 11.4 Å². The fourth-order valence-electron chi connectivity index (χ4n) is 2.13. The van der Waals surface area contributed by atoms with Crippen molar-refractivity contribution in [2.75, 3.05) is 20.0 Å². The van der Waals surface area contributed by atoms with Gasteiger partial charge < -0.3 is 15.2 Å². The Morgan fingerprint density at radius 1 is 1.09 bits per heavy atom. The number of aliphatic imine (C=N–C) groups is 1. The van der Waals surface area contributed by atoms with Gasteiger partial charge in [0.15, 0.2) is 0 Å². The molecule has 0 saturated heterocycles. The molecule has 0 aliphatic rings. The van der Waals surface area contributed by atoms with Gasteiger partial charge in [-0.3, -0.25) is 0 Å². The molecule has 122 valence electrons. The number of nitrogen functional groups attached to an aromatic ring is 1. The molecule has 0 aliphatic heterocycles. The van der Waals surface area contributed by atoms with Crippen molar-refractivity contribution in [2.45, 2.75) is 20.5 Å². The maximum absolute atomic E-state index is 10.1. The van der Waals surface area contributed by atoms with Crippen molar-refractivity contribution in [3.63, 3.8) is 0 Å². The van der Waals surface area contributed by atoms with E-state index in [0.717, 1.165) is 22.4 Å². The van der Waals surface area contributed by atoms with Crippen molar-refractivity contribution in [3.8, 4) is 5.75 Å². The van der Waals surface area contributed by atoms with Gasteiger partial charge in [0.05, 0.1) is 25.1 Å². The van der Waals surface area contributed by atoms with Gasteiger partial charge in [-0.15, -0.1) is 0 Å². The van der Waals surface area contributed by atoms with E-state index < -0.39 is 0 Å². The van der Waals surface area contributed by atoms with E-state index in [1.54, 1.807) is 20.3 Å². The van der Waals surface area contributed by atoms with Crippen molar-refractivity contribution >= 4 is 17.5 Å². The van der Waals surface area contributed by atoms with E-state index in [2.05, 4.69) is 4.99 Å². The number of ether oxygens (including phenoxy) is 2. The lowest BCUT2D eigenvalue weighted by molar-refractivity contribution is 0.185. The molecule has 0 amide bonds. The normalized spacial score (nSPS) is 9.39. The molecule has 0 aliphatic carbocycles. The number of para-hydroxylation sites is 1. The van der Waals surface area contributed by atoms with Gasteiger partial charge in [-0.1, -0.05) is 24.3 Å². The van der Waals surface area contributed by atoms with E-state index >= 15 is 0 Å². The van der Waals surface area contributed by atoms with Gasteiger partial charge in [0.25, 0.3) is 0 Å². The van der Waals surface area contributed by atoms with Crippen LogP contribution in [0.15, 0.2) is 41.4 Å². The second kappa shape index (κ2) is 9.41. The first kappa shape index (κ1) is 18.4. The van der Waals surface area contributed by atoms with Crippen molar-refractivity contribution in [1.82, 2.24) is 0 Å². The van der Waals surface area contributed by atoms with Crippen LogP contribution in [0.5, 0.6) is 5.75 Å². The van der Waals surface area contributed by atoms with Crippen LogP contribution in [-0.2, 0) is 16.1 Å². The van der Waals surface area contributed by atoms with Crippen LogP contribution in [0.25, 0.3) is 0 Å². The fraction of sp³-hybridized carbons (Fsp3) is 0.278. The van der Waals surface area contributed by atoms with Gasteiger partial charge in [0, 0.05) is 12.7 Å². The summed E-state index contributed by atoms with van der Waals surface area (Å²) in [6, 6.07) is 11.3. The minimum absolute atomic E-state index is 0.465. The van der Waals surface area contributed by atoms with Crippen molar-refractivity contribution in [3.05, 3.63) is 53.1 Å². The first-order chi connectivity index (χ1) is 11.0.